The van der Waals surface area contributed by atoms with Crippen LogP contribution >= 0.6 is 0 Å². The van der Waals surface area contributed by atoms with Gasteiger partial charge in [-0.2, -0.15) is 26.3 Å². The van der Waals surface area contributed by atoms with Crippen molar-refractivity contribution in [2.75, 3.05) is 5.32 Å². The van der Waals surface area contributed by atoms with Gasteiger partial charge in [0.25, 0.3) is 0 Å². The van der Waals surface area contributed by atoms with Crippen LogP contribution in [0, 0.1) is 0 Å². The van der Waals surface area contributed by atoms with Crippen LogP contribution in [0.2, 0.25) is 0 Å². The molecule has 0 spiro atoms. The Kier molecular flexibility index (Phi) is 4.96. The van der Waals surface area contributed by atoms with Crippen molar-refractivity contribution in [1.82, 2.24) is 19.9 Å². The topological polar surface area (TPSA) is 63.6 Å². The maximum absolute atomic E-state index is 13.3. The van der Waals surface area contributed by atoms with Crippen LogP contribution in [0.1, 0.15) is 11.1 Å². The summed E-state index contributed by atoms with van der Waals surface area (Å²) in [6.45, 7) is 0. The highest BCUT2D eigenvalue weighted by atomic mass is 19.4. The van der Waals surface area contributed by atoms with Crippen molar-refractivity contribution >= 4 is 22.5 Å². The lowest BCUT2D eigenvalue weighted by atomic mass is 10.1. The molecule has 0 amide bonds. The summed E-state index contributed by atoms with van der Waals surface area (Å²) in [6.07, 6.45) is -4.54. The average Bonchev–Trinajstić information content (AvgIpc) is 2.73. The van der Waals surface area contributed by atoms with E-state index in [1.165, 1.54) is 36.8 Å². The molecular weight excluding hydrogens is 424 g/mol. The summed E-state index contributed by atoms with van der Waals surface area (Å²) >= 11 is 0. The fourth-order valence-electron chi connectivity index (χ4n) is 2.90. The summed E-state index contributed by atoms with van der Waals surface area (Å²) in [5, 5.41) is 2.84. The molecule has 0 fully saturated rings. The van der Waals surface area contributed by atoms with E-state index in [1.807, 2.05) is 0 Å². The number of nitrogens with zero attached hydrogens (tertiary/aromatic N) is 4. The first-order valence-electron chi connectivity index (χ1n) is 8.70. The molecule has 4 heterocycles. The maximum Gasteiger partial charge on any atom is 0.418 e. The molecule has 0 unspecified atom stereocenters. The van der Waals surface area contributed by atoms with Crippen molar-refractivity contribution in [2.45, 2.75) is 12.4 Å². The molecule has 4 rings (SSSR count). The predicted octanol–water partition coefficient (Wildman–Crippen LogP) is 5.87. The Morgan fingerprint density at radius 3 is 2.23 bits per heavy atom. The molecule has 5 nitrogen and oxygen atoms in total. The summed E-state index contributed by atoms with van der Waals surface area (Å²) in [5.41, 5.74) is -1.01. The molecule has 0 saturated heterocycles. The second-order valence-corrected chi connectivity index (χ2v) is 6.40. The first-order valence-corrected chi connectivity index (χ1v) is 8.70. The van der Waals surface area contributed by atoms with Gasteiger partial charge in [0.15, 0.2) is 0 Å². The lowest BCUT2D eigenvalue weighted by molar-refractivity contribution is -0.138. The van der Waals surface area contributed by atoms with Crippen molar-refractivity contribution in [3.8, 4) is 11.3 Å². The first-order chi connectivity index (χ1) is 14.6. The molecule has 4 aromatic rings. The van der Waals surface area contributed by atoms with E-state index in [4.69, 9.17) is 0 Å². The minimum absolute atomic E-state index is 0.123. The van der Waals surface area contributed by atoms with Crippen LogP contribution in [0.4, 0.5) is 37.8 Å². The zero-order chi connectivity index (χ0) is 22.2. The third kappa shape index (κ3) is 4.25. The van der Waals surface area contributed by atoms with Gasteiger partial charge in [0, 0.05) is 30.4 Å². The number of anilines is 2. The molecule has 0 aromatic carbocycles. The van der Waals surface area contributed by atoms with Crippen LogP contribution in [-0.2, 0) is 12.4 Å². The number of aromatic nitrogens is 4. The first kappa shape index (κ1) is 20.5. The highest BCUT2D eigenvalue weighted by molar-refractivity contribution is 5.91. The maximum atomic E-state index is 13.3. The van der Waals surface area contributed by atoms with Gasteiger partial charge >= 0.3 is 12.4 Å². The molecule has 0 radical (unpaired) electrons. The molecule has 0 bridgehead atoms. The molecule has 0 saturated carbocycles. The largest absolute Gasteiger partial charge is 0.418 e. The van der Waals surface area contributed by atoms with E-state index in [2.05, 4.69) is 25.3 Å². The standard InChI is InChI=1S/C20H11F6N5/c21-19(22,23)12-3-4-16(29-10-12)31-14-5-7-27-15-8-11(9-30-18(14)15)17-13(20(24,25)26)2-1-6-28-17/h1-10H,(H,27,29,31). The second-order valence-electron chi connectivity index (χ2n) is 6.40. The summed E-state index contributed by atoms with van der Waals surface area (Å²) in [5.74, 6) is 0.135. The van der Waals surface area contributed by atoms with Crippen LogP contribution in [0.3, 0.4) is 0 Å². The summed E-state index contributed by atoms with van der Waals surface area (Å²) < 4.78 is 77.9. The molecule has 4 aromatic heterocycles. The second kappa shape index (κ2) is 7.49. The Hall–Kier alpha value is -3.76. The van der Waals surface area contributed by atoms with Gasteiger partial charge in [0.2, 0.25) is 0 Å². The van der Waals surface area contributed by atoms with Gasteiger partial charge in [-0.15, -0.1) is 0 Å². The average molecular weight is 435 g/mol. The van der Waals surface area contributed by atoms with E-state index >= 15 is 0 Å². The van der Waals surface area contributed by atoms with Crippen molar-refractivity contribution in [3.63, 3.8) is 0 Å². The van der Waals surface area contributed by atoms with Gasteiger partial charge in [-0.1, -0.05) is 0 Å². The van der Waals surface area contributed by atoms with Gasteiger partial charge in [-0.05, 0) is 36.4 Å². The van der Waals surface area contributed by atoms with Crippen LogP contribution < -0.4 is 5.32 Å². The van der Waals surface area contributed by atoms with E-state index in [0.717, 1.165) is 18.2 Å². The normalized spacial score (nSPS) is 12.2. The van der Waals surface area contributed by atoms with E-state index in [-0.39, 0.29) is 22.6 Å². The third-order valence-electron chi connectivity index (χ3n) is 4.32. The van der Waals surface area contributed by atoms with Gasteiger partial charge in [0.05, 0.1) is 28.0 Å². The zero-order valence-corrected chi connectivity index (χ0v) is 15.3. The van der Waals surface area contributed by atoms with Gasteiger partial charge in [0.1, 0.15) is 11.3 Å². The number of pyridine rings is 4. The SMILES string of the molecule is FC(F)(F)c1ccc(Nc2ccnc3cc(-c4ncccc4C(F)(F)F)cnc23)nc1. The van der Waals surface area contributed by atoms with Crippen LogP contribution in [0.15, 0.2) is 61.2 Å². The molecule has 0 aliphatic carbocycles. The molecular formula is C20H11F6N5. The number of hydrogen-bond acceptors (Lipinski definition) is 5. The molecule has 0 atom stereocenters. The Morgan fingerprint density at radius 1 is 0.742 bits per heavy atom. The number of nitrogens with one attached hydrogen (secondary N) is 1. The van der Waals surface area contributed by atoms with E-state index < -0.39 is 23.5 Å². The number of halogens is 6. The monoisotopic (exact) mass is 435 g/mol. The highest BCUT2D eigenvalue weighted by Crippen LogP contribution is 2.36. The number of rotatable bonds is 3. The smallest absolute Gasteiger partial charge is 0.338 e. The third-order valence-corrected chi connectivity index (χ3v) is 4.32. The molecule has 31 heavy (non-hydrogen) atoms. The van der Waals surface area contributed by atoms with Gasteiger partial charge < -0.3 is 5.32 Å². The predicted molar refractivity (Wildman–Crippen MR) is 100 cm³/mol. The summed E-state index contributed by atoms with van der Waals surface area (Å²) in [7, 11) is 0. The minimum Gasteiger partial charge on any atom is -0.338 e. The molecule has 0 aliphatic heterocycles. The van der Waals surface area contributed by atoms with Crippen LogP contribution in [0.5, 0.6) is 0 Å². The van der Waals surface area contributed by atoms with Crippen LogP contribution in [0.25, 0.3) is 22.3 Å². The lowest BCUT2D eigenvalue weighted by Crippen LogP contribution is -2.08. The number of alkyl halides is 6. The number of hydrogen-bond donors (Lipinski definition) is 1. The fourth-order valence-corrected chi connectivity index (χ4v) is 2.90. The summed E-state index contributed by atoms with van der Waals surface area (Å²) in [4.78, 5) is 15.9. The lowest BCUT2D eigenvalue weighted by Gasteiger charge is -2.13. The van der Waals surface area contributed by atoms with Gasteiger partial charge in [-0.25, -0.2) is 4.98 Å². The fraction of sp³-hybridized carbons (Fsp3) is 0.100. The Morgan fingerprint density at radius 2 is 1.55 bits per heavy atom. The van der Waals surface area contributed by atoms with Gasteiger partial charge in [-0.3, -0.25) is 15.0 Å². The minimum atomic E-state index is -4.59. The Balaban J connectivity index is 1.70. The summed E-state index contributed by atoms with van der Waals surface area (Å²) in [6, 6.07) is 7.09. The molecule has 0 aliphatic rings. The van der Waals surface area contributed by atoms with E-state index in [1.54, 1.807) is 0 Å². The van der Waals surface area contributed by atoms with Crippen LogP contribution in [-0.4, -0.2) is 19.9 Å². The van der Waals surface area contributed by atoms with Crippen molar-refractivity contribution in [2.24, 2.45) is 0 Å². The Bertz CT molecular complexity index is 1240. The quantitative estimate of drug-likeness (QED) is 0.408. The zero-order valence-electron chi connectivity index (χ0n) is 15.3. The molecule has 1 N–H and O–H groups in total. The highest BCUT2D eigenvalue weighted by Gasteiger charge is 2.34. The molecule has 11 heteroatoms. The van der Waals surface area contributed by atoms with E-state index in [9.17, 15) is 26.3 Å². The molecule has 158 valence electrons. The van der Waals surface area contributed by atoms with Crippen molar-refractivity contribution in [3.05, 3.63) is 72.3 Å². The van der Waals surface area contributed by atoms with E-state index in [0.29, 0.717) is 17.4 Å². The van der Waals surface area contributed by atoms with Crippen molar-refractivity contribution in [1.29, 1.82) is 0 Å². The van der Waals surface area contributed by atoms with Crippen molar-refractivity contribution < 1.29 is 26.3 Å². The number of fused-ring (bicyclic) bond motifs is 1. The Labute approximate surface area is 170 Å².